The van der Waals surface area contributed by atoms with Crippen molar-refractivity contribution in [2.24, 2.45) is 0 Å². The minimum atomic E-state index is -0.738. The number of carbonyl (C=O) groups is 2. The van der Waals surface area contributed by atoms with E-state index in [0.717, 1.165) is 0 Å². The van der Waals surface area contributed by atoms with E-state index in [2.05, 4.69) is 0 Å². The van der Waals surface area contributed by atoms with Crippen LogP contribution in [0.2, 0.25) is 0 Å². The third-order valence-electron chi connectivity index (χ3n) is 2.28. The van der Waals surface area contributed by atoms with Crippen LogP contribution in [0, 0.1) is 0 Å². The molecular weight excluding hydrogens is 192 g/mol. The van der Waals surface area contributed by atoms with Crippen LogP contribution < -0.4 is 0 Å². The van der Waals surface area contributed by atoms with E-state index in [9.17, 15) is 9.59 Å². The fraction of sp³-hybridized carbons (Fsp3) is 0.750. The number of ether oxygens (including phenoxy) is 4. The molecule has 0 aliphatic carbocycles. The van der Waals surface area contributed by atoms with Gasteiger partial charge in [0.05, 0.1) is 0 Å². The maximum atomic E-state index is 10.8. The van der Waals surface area contributed by atoms with E-state index in [-0.39, 0.29) is 0 Å². The van der Waals surface area contributed by atoms with Gasteiger partial charge in [0.15, 0.2) is 12.2 Å². The van der Waals surface area contributed by atoms with Crippen LogP contribution in [0.5, 0.6) is 0 Å². The van der Waals surface area contributed by atoms with Gasteiger partial charge in [0, 0.05) is 0 Å². The first-order valence-electron chi connectivity index (χ1n) is 4.32. The SMILES string of the molecule is CC1OC(=O)OC1C1OC(=O)OC1C. The predicted molar refractivity (Wildman–Crippen MR) is 41.6 cm³/mol. The zero-order valence-electron chi connectivity index (χ0n) is 7.76. The zero-order valence-corrected chi connectivity index (χ0v) is 7.76. The monoisotopic (exact) mass is 202 g/mol. The normalized spacial score (nSPS) is 41.3. The fourth-order valence-electron chi connectivity index (χ4n) is 1.58. The molecule has 0 spiro atoms. The quantitative estimate of drug-likeness (QED) is 0.586. The summed E-state index contributed by atoms with van der Waals surface area (Å²) in [4.78, 5) is 21.6. The maximum absolute atomic E-state index is 10.8. The summed E-state index contributed by atoms with van der Waals surface area (Å²) in [5.74, 6) is 0. The second-order valence-corrected chi connectivity index (χ2v) is 3.31. The first-order chi connectivity index (χ1) is 6.58. The molecule has 0 radical (unpaired) electrons. The molecule has 0 bridgehead atoms. The van der Waals surface area contributed by atoms with Gasteiger partial charge in [0.2, 0.25) is 0 Å². The van der Waals surface area contributed by atoms with E-state index in [1.807, 2.05) is 0 Å². The van der Waals surface area contributed by atoms with Crippen molar-refractivity contribution in [1.29, 1.82) is 0 Å². The Bertz CT molecular complexity index is 247. The van der Waals surface area contributed by atoms with Crippen molar-refractivity contribution >= 4 is 12.3 Å². The highest BCUT2D eigenvalue weighted by molar-refractivity contribution is 5.64. The van der Waals surface area contributed by atoms with Gasteiger partial charge in [-0.15, -0.1) is 0 Å². The summed E-state index contributed by atoms with van der Waals surface area (Å²) in [5.41, 5.74) is 0. The second kappa shape index (κ2) is 3.04. The molecule has 6 nitrogen and oxygen atoms in total. The van der Waals surface area contributed by atoms with Gasteiger partial charge in [-0.05, 0) is 13.8 Å². The summed E-state index contributed by atoms with van der Waals surface area (Å²) < 4.78 is 19.2. The molecule has 0 saturated carbocycles. The number of hydrogen-bond acceptors (Lipinski definition) is 6. The molecule has 0 aromatic carbocycles. The lowest BCUT2D eigenvalue weighted by Gasteiger charge is -2.18. The number of hydrogen-bond donors (Lipinski definition) is 0. The van der Waals surface area contributed by atoms with E-state index < -0.39 is 36.7 Å². The Morgan fingerprint density at radius 1 is 0.786 bits per heavy atom. The summed E-state index contributed by atoms with van der Waals surface area (Å²) >= 11 is 0. The molecule has 2 heterocycles. The Balaban J connectivity index is 2.08. The summed E-state index contributed by atoms with van der Waals surface area (Å²) in [6, 6.07) is 0. The van der Waals surface area contributed by atoms with Crippen molar-refractivity contribution in [3.8, 4) is 0 Å². The molecule has 6 heteroatoms. The van der Waals surface area contributed by atoms with Gasteiger partial charge in [0.1, 0.15) is 12.2 Å². The van der Waals surface area contributed by atoms with Crippen LogP contribution in [0.15, 0.2) is 0 Å². The Kier molecular flexibility index (Phi) is 1.98. The van der Waals surface area contributed by atoms with Crippen LogP contribution in [0.1, 0.15) is 13.8 Å². The summed E-state index contributed by atoms with van der Waals surface area (Å²) in [5, 5.41) is 0. The highest BCUT2D eigenvalue weighted by Gasteiger charge is 2.48. The van der Waals surface area contributed by atoms with Gasteiger partial charge in [-0.25, -0.2) is 9.59 Å². The van der Waals surface area contributed by atoms with Gasteiger partial charge in [-0.3, -0.25) is 0 Å². The van der Waals surface area contributed by atoms with Crippen LogP contribution in [0.3, 0.4) is 0 Å². The molecule has 2 rings (SSSR count). The van der Waals surface area contributed by atoms with Crippen molar-refractivity contribution in [3.05, 3.63) is 0 Å². The third kappa shape index (κ3) is 1.36. The lowest BCUT2D eigenvalue weighted by atomic mass is 10.1. The van der Waals surface area contributed by atoms with Crippen molar-refractivity contribution in [1.82, 2.24) is 0 Å². The van der Waals surface area contributed by atoms with E-state index >= 15 is 0 Å². The van der Waals surface area contributed by atoms with Crippen LogP contribution >= 0.6 is 0 Å². The first kappa shape index (κ1) is 9.11. The number of carbonyl (C=O) groups excluding carboxylic acids is 2. The van der Waals surface area contributed by atoms with Crippen molar-refractivity contribution < 1.29 is 28.5 Å². The second-order valence-electron chi connectivity index (χ2n) is 3.31. The molecule has 0 aromatic heterocycles. The smallest absolute Gasteiger partial charge is 0.427 e. The molecule has 4 atom stereocenters. The minimum absolute atomic E-state index is 0.426. The molecule has 0 amide bonds. The highest BCUT2D eigenvalue weighted by Crippen LogP contribution is 2.27. The number of cyclic esters (lactones) is 4. The van der Waals surface area contributed by atoms with Gasteiger partial charge >= 0.3 is 12.3 Å². The molecule has 14 heavy (non-hydrogen) atoms. The average molecular weight is 202 g/mol. The van der Waals surface area contributed by atoms with Gasteiger partial charge in [0.25, 0.3) is 0 Å². The van der Waals surface area contributed by atoms with Crippen LogP contribution in [0.25, 0.3) is 0 Å². The maximum Gasteiger partial charge on any atom is 0.509 e. The predicted octanol–water partition coefficient (Wildman–Crippen LogP) is 0.834. The van der Waals surface area contributed by atoms with Gasteiger partial charge in [-0.1, -0.05) is 0 Å². The molecular formula is C8H10O6. The Morgan fingerprint density at radius 2 is 1.14 bits per heavy atom. The standard InChI is InChI=1S/C8H10O6/c1-3-5(13-7(9)11-3)6-4(2)12-8(10)14-6/h3-6H,1-2H3. The molecule has 2 saturated heterocycles. The lowest BCUT2D eigenvalue weighted by molar-refractivity contribution is 0.0156. The lowest BCUT2D eigenvalue weighted by Crippen LogP contribution is -2.39. The van der Waals surface area contributed by atoms with Crippen LogP contribution in [0.4, 0.5) is 9.59 Å². The summed E-state index contributed by atoms with van der Waals surface area (Å²) in [6.45, 7) is 3.35. The van der Waals surface area contributed by atoms with Crippen molar-refractivity contribution in [2.75, 3.05) is 0 Å². The largest absolute Gasteiger partial charge is 0.509 e. The van der Waals surface area contributed by atoms with Crippen LogP contribution in [-0.4, -0.2) is 36.7 Å². The molecule has 0 N–H and O–H groups in total. The van der Waals surface area contributed by atoms with Crippen molar-refractivity contribution in [3.63, 3.8) is 0 Å². The fourth-order valence-corrected chi connectivity index (χ4v) is 1.58. The molecule has 2 aliphatic heterocycles. The zero-order chi connectivity index (χ0) is 10.3. The minimum Gasteiger partial charge on any atom is -0.427 e. The molecule has 0 aromatic rings. The highest BCUT2D eigenvalue weighted by atomic mass is 16.8. The molecule has 2 aliphatic rings. The van der Waals surface area contributed by atoms with Gasteiger partial charge in [-0.2, -0.15) is 0 Å². The first-order valence-corrected chi connectivity index (χ1v) is 4.32. The van der Waals surface area contributed by atoms with Crippen LogP contribution in [-0.2, 0) is 18.9 Å². The average Bonchev–Trinajstić information content (AvgIpc) is 2.55. The molecule has 78 valence electrons. The summed E-state index contributed by atoms with van der Waals surface area (Å²) in [7, 11) is 0. The van der Waals surface area contributed by atoms with Crippen molar-refractivity contribution in [2.45, 2.75) is 38.3 Å². The summed E-state index contributed by atoms with van der Waals surface area (Å²) in [6.07, 6.45) is -3.49. The van der Waals surface area contributed by atoms with Gasteiger partial charge < -0.3 is 18.9 Å². The number of rotatable bonds is 1. The Hall–Kier alpha value is -1.46. The Labute approximate surface area is 80.1 Å². The topological polar surface area (TPSA) is 71.1 Å². The molecule has 2 fully saturated rings. The van der Waals surface area contributed by atoms with E-state index in [1.165, 1.54) is 0 Å². The Morgan fingerprint density at radius 3 is 1.36 bits per heavy atom. The molecule has 4 unspecified atom stereocenters. The van der Waals surface area contributed by atoms with E-state index in [1.54, 1.807) is 13.8 Å². The van der Waals surface area contributed by atoms with E-state index in [0.29, 0.717) is 0 Å². The third-order valence-corrected chi connectivity index (χ3v) is 2.28. The van der Waals surface area contributed by atoms with E-state index in [4.69, 9.17) is 18.9 Å².